The fourth-order valence-corrected chi connectivity index (χ4v) is 2.84. The first-order chi connectivity index (χ1) is 10.3. The van der Waals surface area contributed by atoms with E-state index < -0.39 is 29.8 Å². The van der Waals surface area contributed by atoms with Crippen molar-refractivity contribution in [1.82, 2.24) is 4.57 Å². The van der Waals surface area contributed by atoms with E-state index in [0.29, 0.717) is 10.6 Å². The van der Waals surface area contributed by atoms with Gasteiger partial charge in [0.05, 0.1) is 3.79 Å². The highest BCUT2D eigenvalue weighted by Crippen LogP contribution is 2.26. The molecule has 0 aliphatic rings. The van der Waals surface area contributed by atoms with Crippen LogP contribution in [0.4, 0.5) is 13.2 Å². The summed E-state index contributed by atoms with van der Waals surface area (Å²) in [6.07, 6.45) is -3.65. The lowest BCUT2D eigenvalue weighted by molar-refractivity contribution is -0.146. The third-order valence-corrected chi connectivity index (χ3v) is 4.20. The number of nitrogens with zero attached hydrogens (tertiary/aromatic N) is 1. The standard InChI is InChI=1S/C13H9BrF3NO3S/c14-10-4-8(7-22-10)6-21-11(19)5-18-3-1-2-9(12(18)20)13(15,16)17/h1-4,7H,5-6H2. The zero-order chi connectivity index (χ0) is 16.3. The van der Waals surface area contributed by atoms with Crippen molar-refractivity contribution in [2.24, 2.45) is 0 Å². The fourth-order valence-electron chi connectivity index (χ4n) is 1.65. The van der Waals surface area contributed by atoms with Gasteiger partial charge in [0.1, 0.15) is 18.7 Å². The topological polar surface area (TPSA) is 48.3 Å². The second kappa shape index (κ2) is 6.66. The number of thiophene rings is 1. The summed E-state index contributed by atoms with van der Waals surface area (Å²) in [5.74, 6) is -0.788. The number of alkyl halides is 3. The molecule has 2 aromatic heterocycles. The van der Waals surface area contributed by atoms with Crippen LogP contribution in [0, 0.1) is 0 Å². The van der Waals surface area contributed by atoms with Crippen LogP contribution in [0.3, 0.4) is 0 Å². The maximum Gasteiger partial charge on any atom is 0.421 e. The maximum absolute atomic E-state index is 12.6. The van der Waals surface area contributed by atoms with Crippen molar-refractivity contribution in [3.8, 4) is 0 Å². The molecule has 0 saturated heterocycles. The molecule has 2 rings (SSSR count). The van der Waals surface area contributed by atoms with E-state index in [-0.39, 0.29) is 6.61 Å². The molecule has 4 nitrogen and oxygen atoms in total. The number of carbonyl (C=O) groups excluding carboxylic acids is 1. The molecule has 22 heavy (non-hydrogen) atoms. The molecule has 9 heteroatoms. The summed E-state index contributed by atoms with van der Waals surface area (Å²) in [7, 11) is 0. The molecule has 0 atom stereocenters. The molecule has 0 unspecified atom stereocenters. The van der Waals surface area contributed by atoms with Gasteiger partial charge in [-0.05, 0) is 39.5 Å². The van der Waals surface area contributed by atoms with Crippen molar-refractivity contribution < 1.29 is 22.7 Å². The molecule has 2 heterocycles. The molecule has 0 bridgehead atoms. The van der Waals surface area contributed by atoms with Crippen molar-refractivity contribution in [1.29, 1.82) is 0 Å². The van der Waals surface area contributed by atoms with Crippen LogP contribution in [-0.4, -0.2) is 10.5 Å². The molecule has 0 fully saturated rings. The Morgan fingerprint density at radius 2 is 2.14 bits per heavy atom. The van der Waals surface area contributed by atoms with E-state index in [4.69, 9.17) is 4.74 Å². The first-order valence-electron chi connectivity index (χ1n) is 5.92. The minimum absolute atomic E-state index is 0.00531. The predicted octanol–water partition coefficient (Wildman–Crippen LogP) is 3.43. The number of hydrogen-bond donors (Lipinski definition) is 0. The van der Waals surface area contributed by atoms with Gasteiger partial charge in [0, 0.05) is 11.8 Å². The van der Waals surface area contributed by atoms with Gasteiger partial charge in [-0.2, -0.15) is 13.2 Å². The van der Waals surface area contributed by atoms with E-state index >= 15 is 0 Å². The maximum atomic E-state index is 12.6. The minimum Gasteiger partial charge on any atom is -0.459 e. The van der Waals surface area contributed by atoms with Gasteiger partial charge in [0.25, 0.3) is 5.56 Å². The quantitative estimate of drug-likeness (QED) is 0.745. The van der Waals surface area contributed by atoms with Crippen molar-refractivity contribution in [2.75, 3.05) is 0 Å². The van der Waals surface area contributed by atoms with Crippen molar-refractivity contribution in [2.45, 2.75) is 19.3 Å². The summed E-state index contributed by atoms with van der Waals surface area (Å²) in [6, 6.07) is 3.49. The SMILES string of the molecule is O=C(Cn1cccc(C(F)(F)F)c1=O)OCc1csc(Br)c1. The molecule has 0 spiro atoms. The molecular formula is C13H9BrF3NO3S. The molecule has 118 valence electrons. The Morgan fingerprint density at radius 1 is 1.41 bits per heavy atom. The van der Waals surface area contributed by atoms with E-state index in [1.54, 1.807) is 11.4 Å². The molecule has 0 aromatic carbocycles. The van der Waals surface area contributed by atoms with Crippen LogP contribution in [0.2, 0.25) is 0 Å². The lowest BCUT2D eigenvalue weighted by atomic mass is 10.2. The number of aromatic nitrogens is 1. The third-order valence-electron chi connectivity index (χ3n) is 2.65. The van der Waals surface area contributed by atoms with Gasteiger partial charge >= 0.3 is 12.1 Å². The third kappa shape index (κ3) is 4.20. The van der Waals surface area contributed by atoms with Crippen molar-refractivity contribution >= 4 is 33.2 Å². The van der Waals surface area contributed by atoms with Crippen LogP contribution in [0.1, 0.15) is 11.1 Å². The molecule has 0 radical (unpaired) electrons. The Morgan fingerprint density at radius 3 is 2.73 bits per heavy atom. The van der Waals surface area contributed by atoms with Gasteiger partial charge in [-0.15, -0.1) is 11.3 Å². The number of carbonyl (C=O) groups is 1. The number of hydrogen-bond acceptors (Lipinski definition) is 4. The lowest BCUT2D eigenvalue weighted by Gasteiger charge is -2.10. The number of rotatable bonds is 4. The number of pyridine rings is 1. The lowest BCUT2D eigenvalue weighted by Crippen LogP contribution is -2.30. The highest BCUT2D eigenvalue weighted by Gasteiger charge is 2.34. The van der Waals surface area contributed by atoms with Gasteiger partial charge in [-0.3, -0.25) is 9.59 Å². The normalized spacial score (nSPS) is 11.5. The first-order valence-corrected chi connectivity index (χ1v) is 7.60. The monoisotopic (exact) mass is 395 g/mol. The van der Waals surface area contributed by atoms with Crippen LogP contribution >= 0.6 is 27.3 Å². The average Bonchev–Trinajstić information content (AvgIpc) is 2.83. The Kier molecular flexibility index (Phi) is 5.07. The van der Waals surface area contributed by atoms with Crippen LogP contribution in [0.5, 0.6) is 0 Å². The van der Waals surface area contributed by atoms with Crippen molar-refractivity contribution in [3.63, 3.8) is 0 Å². The predicted molar refractivity (Wildman–Crippen MR) is 77.5 cm³/mol. The van der Waals surface area contributed by atoms with E-state index in [0.717, 1.165) is 21.6 Å². The van der Waals surface area contributed by atoms with Crippen LogP contribution in [0.25, 0.3) is 0 Å². The molecule has 0 aliphatic carbocycles. The van der Waals surface area contributed by atoms with E-state index in [1.165, 1.54) is 11.3 Å². The second-order valence-electron chi connectivity index (χ2n) is 4.27. The van der Waals surface area contributed by atoms with E-state index in [2.05, 4.69) is 15.9 Å². The Hall–Kier alpha value is -1.61. The fraction of sp³-hybridized carbons (Fsp3) is 0.231. The van der Waals surface area contributed by atoms with Gasteiger partial charge in [-0.1, -0.05) is 0 Å². The molecule has 2 aromatic rings. The van der Waals surface area contributed by atoms with Crippen LogP contribution in [0.15, 0.2) is 38.4 Å². The molecule has 0 amide bonds. The molecule has 0 aliphatic heterocycles. The molecule has 0 saturated carbocycles. The minimum atomic E-state index is -4.76. The summed E-state index contributed by atoms with van der Waals surface area (Å²) >= 11 is 4.67. The van der Waals surface area contributed by atoms with Crippen LogP contribution in [-0.2, 0) is 28.9 Å². The summed E-state index contributed by atoms with van der Waals surface area (Å²) < 4.78 is 44.3. The van der Waals surface area contributed by atoms with E-state index in [9.17, 15) is 22.8 Å². The number of halogens is 4. The smallest absolute Gasteiger partial charge is 0.421 e. The Labute approximate surface area is 135 Å². The summed E-state index contributed by atoms with van der Waals surface area (Å²) in [6.45, 7) is -0.581. The summed E-state index contributed by atoms with van der Waals surface area (Å²) in [5, 5.41) is 1.77. The summed E-state index contributed by atoms with van der Waals surface area (Å²) in [4.78, 5) is 23.3. The van der Waals surface area contributed by atoms with Crippen molar-refractivity contribution in [3.05, 3.63) is 55.0 Å². The van der Waals surface area contributed by atoms with Crippen LogP contribution < -0.4 is 5.56 Å². The highest BCUT2D eigenvalue weighted by molar-refractivity contribution is 9.11. The number of esters is 1. The number of ether oxygens (including phenoxy) is 1. The van der Waals surface area contributed by atoms with Gasteiger partial charge in [-0.25, -0.2) is 0 Å². The average molecular weight is 396 g/mol. The molecule has 0 N–H and O–H groups in total. The van der Waals surface area contributed by atoms with Gasteiger partial charge < -0.3 is 9.30 Å². The van der Waals surface area contributed by atoms with Gasteiger partial charge in [0.15, 0.2) is 0 Å². The first kappa shape index (κ1) is 16.8. The van der Waals surface area contributed by atoms with Gasteiger partial charge in [0.2, 0.25) is 0 Å². The second-order valence-corrected chi connectivity index (χ2v) is 6.56. The Bertz CT molecular complexity index is 739. The summed E-state index contributed by atoms with van der Waals surface area (Å²) in [5.41, 5.74) is -1.84. The zero-order valence-electron chi connectivity index (χ0n) is 10.9. The largest absolute Gasteiger partial charge is 0.459 e. The highest BCUT2D eigenvalue weighted by atomic mass is 79.9. The zero-order valence-corrected chi connectivity index (χ0v) is 13.3. The Balaban J connectivity index is 2.04. The molecular weight excluding hydrogens is 387 g/mol. The van der Waals surface area contributed by atoms with E-state index in [1.807, 2.05) is 0 Å².